The topological polar surface area (TPSA) is 81.8 Å². The van der Waals surface area contributed by atoms with Gasteiger partial charge < -0.3 is 20.5 Å². The van der Waals surface area contributed by atoms with Gasteiger partial charge in [0.1, 0.15) is 0 Å². The second-order valence-electron chi connectivity index (χ2n) is 6.86. The van der Waals surface area contributed by atoms with E-state index >= 15 is 0 Å². The number of piperazine rings is 1. The summed E-state index contributed by atoms with van der Waals surface area (Å²) in [4.78, 5) is 19.5. The third-order valence-corrected chi connectivity index (χ3v) is 4.95. The molecule has 5 rings (SSSR count). The van der Waals surface area contributed by atoms with Gasteiger partial charge in [0.25, 0.3) is 0 Å². The minimum absolute atomic E-state index is 0.595. The third kappa shape index (κ3) is 3.06. The van der Waals surface area contributed by atoms with Gasteiger partial charge in [0, 0.05) is 43.4 Å². The van der Waals surface area contributed by atoms with Crippen molar-refractivity contribution < 1.29 is 0 Å². The summed E-state index contributed by atoms with van der Waals surface area (Å²) in [5, 5.41) is 7.72. The summed E-state index contributed by atoms with van der Waals surface area (Å²) in [6, 6.07) is 12.2. The summed E-state index contributed by atoms with van der Waals surface area (Å²) in [6.45, 7) is 5.98. The van der Waals surface area contributed by atoms with Gasteiger partial charge in [-0.1, -0.05) is 18.2 Å². The first-order valence-electron chi connectivity index (χ1n) is 9.21. The lowest BCUT2D eigenvalue weighted by Gasteiger charge is -2.26. The van der Waals surface area contributed by atoms with Crippen LogP contribution in [0.1, 0.15) is 5.56 Å². The molecular weight excluding hydrogens is 338 g/mol. The van der Waals surface area contributed by atoms with Crippen molar-refractivity contribution in [1.29, 1.82) is 0 Å². The van der Waals surface area contributed by atoms with Crippen LogP contribution in [0, 0.1) is 6.92 Å². The van der Waals surface area contributed by atoms with E-state index < -0.39 is 0 Å². The number of benzene rings is 2. The van der Waals surface area contributed by atoms with Crippen molar-refractivity contribution in [3.63, 3.8) is 0 Å². The molecule has 7 heteroatoms. The monoisotopic (exact) mass is 359 g/mol. The number of fused-ring (bicyclic) bond motifs is 2. The van der Waals surface area contributed by atoms with Crippen molar-refractivity contribution in [2.75, 3.05) is 36.4 Å². The fourth-order valence-electron chi connectivity index (χ4n) is 3.49. The van der Waals surface area contributed by atoms with Crippen LogP contribution in [0.4, 0.5) is 17.6 Å². The van der Waals surface area contributed by atoms with Crippen molar-refractivity contribution in [3.8, 4) is 0 Å². The van der Waals surface area contributed by atoms with Gasteiger partial charge in [-0.15, -0.1) is 0 Å². The van der Waals surface area contributed by atoms with Gasteiger partial charge in [-0.3, -0.25) is 0 Å². The van der Waals surface area contributed by atoms with E-state index in [1.807, 2.05) is 30.5 Å². The van der Waals surface area contributed by atoms with Crippen LogP contribution in [-0.4, -0.2) is 46.1 Å². The predicted molar refractivity (Wildman–Crippen MR) is 109 cm³/mol. The number of aryl methyl sites for hydroxylation is 1. The predicted octanol–water partition coefficient (Wildman–Crippen LogP) is 2.97. The van der Waals surface area contributed by atoms with Crippen LogP contribution in [0.3, 0.4) is 0 Å². The molecule has 2 aromatic heterocycles. The Balaban J connectivity index is 1.44. The fourth-order valence-corrected chi connectivity index (χ4v) is 3.49. The first-order chi connectivity index (χ1) is 13.3. The van der Waals surface area contributed by atoms with E-state index in [0.29, 0.717) is 5.95 Å². The number of imidazole rings is 1. The molecule has 27 heavy (non-hydrogen) atoms. The molecule has 2 aromatic carbocycles. The molecule has 7 nitrogen and oxygen atoms in total. The molecule has 0 bridgehead atoms. The van der Waals surface area contributed by atoms with E-state index in [4.69, 9.17) is 4.98 Å². The SMILES string of the molecule is Cc1cccc2cnc(Nc3ccc4nc(N5CCNCC5)[nH]c4c3)nc12. The third-order valence-electron chi connectivity index (χ3n) is 4.95. The number of nitrogens with zero attached hydrogens (tertiary/aromatic N) is 4. The average molecular weight is 359 g/mol. The summed E-state index contributed by atoms with van der Waals surface area (Å²) < 4.78 is 0. The van der Waals surface area contributed by atoms with Gasteiger partial charge in [-0.2, -0.15) is 0 Å². The smallest absolute Gasteiger partial charge is 0.227 e. The number of hydrogen-bond acceptors (Lipinski definition) is 6. The van der Waals surface area contributed by atoms with E-state index in [1.54, 1.807) is 0 Å². The Kier molecular flexibility index (Phi) is 3.86. The molecule has 0 saturated carbocycles. The van der Waals surface area contributed by atoms with Gasteiger partial charge in [-0.25, -0.2) is 15.0 Å². The number of hydrogen-bond donors (Lipinski definition) is 3. The van der Waals surface area contributed by atoms with Crippen LogP contribution < -0.4 is 15.5 Å². The molecule has 136 valence electrons. The Morgan fingerprint density at radius 3 is 2.85 bits per heavy atom. The highest BCUT2D eigenvalue weighted by molar-refractivity contribution is 5.84. The molecule has 0 aliphatic carbocycles. The molecule has 1 saturated heterocycles. The number of para-hydroxylation sites is 1. The Morgan fingerprint density at radius 1 is 1.07 bits per heavy atom. The highest BCUT2D eigenvalue weighted by atomic mass is 15.3. The maximum absolute atomic E-state index is 4.72. The molecule has 3 heterocycles. The van der Waals surface area contributed by atoms with Gasteiger partial charge in [0.2, 0.25) is 11.9 Å². The summed E-state index contributed by atoms with van der Waals surface area (Å²) in [6.07, 6.45) is 1.86. The maximum Gasteiger partial charge on any atom is 0.227 e. The summed E-state index contributed by atoms with van der Waals surface area (Å²) in [5.74, 6) is 1.53. The van der Waals surface area contributed by atoms with Crippen LogP contribution >= 0.6 is 0 Å². The molecule has 0 spiro atoms. The van der Waals surface area contributed by atoms with Gasteiger partial charge in [0.05, 0.1) is 16.6 Å². The molecule has 0 unspecified atom stereocenters. The van der Waals surface area contributed by atoms with Crippen molar-refractivity contribution >= 4 is 39.5 Å². The quantitative estimate of drug-likeness (QED) is 0.522. The fraction of sp³-hybridized carbons (Fsp3) is 0.250. The lowest BCUT2D eigenvalue weighted by Crippen LogP contribution is -2.44. The number of H-pyrrole nitrogens is 1. The van der Waals surface area contributed by atoms with E-state index in [9.17, 15) is 0 Å². The molecule has 0 amide bonds. The highest BCUT2D eigenvalue weighted by Gasteiger charge is 2.14. The van der Waals surface area contributed by atoms with Crippen molar-refractivity contribution in [1.82, 2.24) is 25.3 Å². The zero-order valence-electron chi connectivity index (χ0n) is 15.2. The molecular formula is C20H21N7. The van der Waals surface area contributed by atoms with Crippen LogP contribution in [0.5, 0.6) is 0 Å². The number of aromatic nitrogens is 4. The first kappa shape index (κ1) is 16.0. The zero-order chi connectivity index (χ0) is 18.2. The molecule has 1 aliphatic rings. The molecule has 1 aliphatic heterocycles. The lowest BCUT2D eigenvalue weighted by atomic mass is 10.1. The van der Waals surface area contributed by atoms with Gasteiger partial charge in [0.15, 0.2) is 0 Å². The Labute approximate surface area is 156 Å². The van der Waals surface area contributed by atoms with Crippen LogP contribution in [0.15, 0.2) is 42.6 Å². The Hall–Kier alpha value is -3.19. The summed E-state index contributed by atoms with van der Waals surface area (Å²) >= 11 is 0. The van der Waals surface area contributed by atoms with Crippen molar-refractivity contribution in [2.45, 2.75) is 6.92 Å². The van der Waals surface area contributed by atoms with Gasteiger partial charge in [-0.05, 0) is 30.7 Å². The van der Waals surface area contributed by atoms with E-state index in [2.05, 4.69) is 49.5 Å². The Bertz CT molecular complexity index is 1110. The molecule has 4 aromatic rings. The Morgan fingerprint density at radius 2 is 1.96 bits per heavy atom. The standard InChI is InChI=1S/C20H21N7/c1-13-3-2-4-14-12-22-19(26-18(13)14)23-15-5-6-16-17(11-15)25-20(24-16)27-9-7-21-8-10-27/h2-6,11-12,21H,7-10H2,1H3,(H,24,25)(H,22,23,26). The largest absolute Gasteiger partial charge is 0.340 e. The van der Waals surface area contributed by atoms with Crippen LogP contribution in [0.2, 0.25) is 0 Å². The summed E-state index contributed by atoms with van der Waals surface area (Å²) in [5.41, 5.74) is 5.02. The minimum atomic E-state index is 0.595. The normalized spacial score (nSPS) is 14.8. The second-order valence-corrected chi connectivity index (χ2v) is 6.86. The van der Waals surface area contributed by atoms with Crippen molar-refractivity contribution in [2.24, 2.45) is 0 Å². The zero-order valence-corrected chi connectivity index (χ0v) is 15.2. The van der Waals surface area contributed by atoms with Crippen LogP contribution in [0.25, 0.3) is 21.9 Å². The van der Waals surface area contributed by atoms with Gasteiger partial charge >= 0.3 is 0 Å². The maximum atomic E-state index is 4.72. The first-order valence-corrected chi connectivity index (χ1v) is 9.21. The number of anilines is 3. The molecule has 0 radical (unpaired) electrons. The van der Waals surface area contributed by atoms with E-state index in [0.717, 1.165) is 65.3 Å². The number of nitrogens with one attached hydrogen (secondary N) is 3. The van der Waals surface area contributed by atoms with E-state index in [1.165, 1.54) is 0 Å². The van der Waals surface area contributed by atoms with E-state index in [-0.39, 0.29) is 0 Å². The molecule has 0 atom stereocenters. The minimum Gasteiger partial charge on any atom is -0.340 e. The number of rotatable bonds is 3. The molecule has 1 fully saturated rings. The average Bonchev–Trinajstić information content (AvgIpc) is 3.13. The van der Waals surface area contributed by atoms with Crippen molar-refractivity contribution in [3.05, 3.63) is 48.2 Å². The molecule has 3 N–H and O–H groups in total. The summed E-state index contributed by atoms with van der Waals surface area (Å²) in [7, 11) is 0. The van der Waals surface area contributed by atoms with Crippen LogP contribution in [-0.2, 0) is 0 Å². The lowest BCUT2D eigenvalue weighted by molar-refractivity contribution is 0.582. The highest BCUT2D eigenvalue weighted by Crippen LogP contribution is 2.24. The second kappa shape index (κ2) is 6.51. The number of aromatic amines is 1.